The lowest BCUT2D eigenvalue weighted by Crippen LogP contribution is -2.26. The van der Waals surface area contributed by atoms with Gasteiger partial charge in [-0.2, -0.15) is 0 Å². The Kier molecular flexibility index (Phi) is 4.37. The van der Waals surface area contributed by atoms with Crippen molar-refractivity contribution in [3.8, 4) is 0 Å². The Bertz CT molecular complexity index is 382. The number of hydrogen-bond donors (Lipinski definition) is 2. The summed E-state index contributed by atoms with van der Waals surface area (Å²) in [6.07, 6.45) is 0. The molecular formula is C11H13F2NO2. The molecule has 88 valence electrons. The molecule has 1 aromatic carbocycles. The van der Waals surface area contributed by atoms with Gasteiger partial charge in [0.25, 0.3) is 0 Å². The topological polar surface area (TPSA) is 49.3 Å². The average molecular weight is 229 g/mol. The highest BCUT2D eigenvalue weighted by atomic mass is 19.1. The normalized spacial score (nSPS) is 12.4. The lowest BCUT2D eigenvalue weighted by atomic mass is 10.1. The summed E-state index contributed by atoms with van der Waals surface area (Å²) >= 11 is 0. The van der Waals surface area contributed by atoms with Gasteiger partial charge in [-0.3, -0.25) is 4.79 Å². The van der Waals surface area contributed by atoms with E-state index >= 15 is 0 Å². The van der Waals surface area contributed by atoms with Crippen molar-refractivity contribution in [2.45, 2.75) is 13.5 Å². The fourth-order valence-corrected chi connectivity index (χ4v) is 1.19. The van der Waals surface area contributed by atoms with Crippen LogP contribution in [0.3, 0.4) is 0 Å². The number of carboxylic acids is 1. The Balaban J connectivity index is 2.48. The van der Waals surface area contributed by atoms with Crippen LogP contribution in [0.4, 0.5) is 8.78 Å². The largest absolute Gasteiger partial charge is 0.481 e. The maximum atomic E-state index is 13.1. The molecule has 1 unspecified atom stereocenters. The van der Waals surface area contributed by atoms with Crippen LogP contribution in [0.1, 0.15) is 12.5 Å². The van der Waals surface area contributed by atoms with E-state index in [2.05, 4.69) is 5.32 Å². The van der Waals surface area contributed by atoms with E-state index in [0.717, 1.165) is 18.2 Å². The smallest absolute Gasteiger partial charge is 0.307 e. The van der Waals surface area contributed by atoms with Crippen LogP contribution >= 0.6 is 0 Å². The molecule has 1 rings (SSSR count). The molecule has 0 aliphatic rings. The molecule has 1 atom stereocenters. The Morgan fingerprint density at radius 2 is 2.19 bits per heavy atom. The number of carbonyl (C=O) groups is 1. The number of halogens is 2. The van der Waals surface area contributed by atoms with Gasteiger partial charge in [-0.05, 0) is 18.2 Å². The Labute approximate surface area is 92.1 Å². The first-order valence-electron chi connectivity index (χ1n) is 4.88. The lowest BCUT2D eigenvalue weighted by Gasteiger charge is -2.08. The van der Waals surface area contributed by atoms with Crippen LogP contribution in [0, 0.1) is 17.6 Å². The second kappa shape index (κ2) is 5.55. The third-order valence-corrected chi connectivity index (χ3v) is 2.20. The van der Waals surface area contributed by atoms with Crippen molar-refractivity contribution < 1.29 is 18.7 Å². The summed E-state index contributed by atoms with van der Waals surface area (Å²) in [5.74, 6) is -2.50. The molecule has 0 amide bonds. The van der Waals surface area contributed by atoms with E-state index in [1.165, 1.54) is 6.92 Å². The highest BCUT2D eigenvalue weighted by Gasteiger charge is 2.10. The number of nitrogens with one attached hydrogen (secondary N) is 1. The van der Waals surface area contributed by atoms with Crippen molar-refractivity contribution in [3.05, 3.63) is 35.4 Å². The maximum absolute atomic E-state index is 13.1. The summed E-state index contributed by atoms with van der Waals surface area (Å²) in [4.78, 5) is 10.5. The zero-order valence-electron chi connectivity index (χ0n) is 8.84. The fourth-order valence-electron chi connectivity index (χ4n) is 1.19. The van der Waals surface area contributed by atoms with E-state index < -0.39 is 23.5 Å². The molecule has 0 saturated carbocycles. The van der Waals surface area contributed by atoms with Crippen LogP contribution < -0.4 is 5.32 Å². The molecule has 0 fully saturated rings. The second-order valence-corrected chi connectivity index (χ2v) is 3.61. The molecule has 0 spiro atoms. The first-order valence-corrected chi connectivity index (χ1v) is 4.88. The molecule has 2 N–H and O–H groups in total. The summed E-state index contributed by atoms with van der Waals surface area (Å²) < 4.78 is 25.9. The van der Waals surface area contributed by atoms with Gasteiger partial charge in [0.2, 0.25) is 0 Å². The molecule has 0 aliphatic carbocycles. The summed E-state index contributed by atoms with van der Waals surface area (Å²) in [5, 5.41) is 11.4. The number of hydrogen-bond acceptors (Lipinski definition) is 2. The number of carboxylic acid groups (broad SMARTS) is 1. The third kappa shape index (κ3) is 3.58. The van der Waals surface area contributed by atoms with E-state index in [9.17, 15) is 13.6 Å². The zero-order valence-corrected chi connectivity index (χ0v) is 8.84. The molecule has 0 saturated heterocycles. The first kappa shape index (κ1) is 12.6. The minimum atomic E-state index is -0.924. The highest BCUT2D eigenvalue weighted by molar-refractivity contribution is 5.69. The van der Waals surface area contributed by atoms with Gasteiger partial charge < -0.3 is 10.4 Å². The Morgan fingerprint density at radius 3 is 2.81 bits per heavy atom. The molecule has 0 aromatic heterocycles. The molecule has 16 heavy (non-hydrogen) atoms. The van der Waals surface area contributed by atoms with Crippen LogP contribution in [0.15, 0.2) is 18.2 Å². The molecule has 0 heterocycles. The van der Waals surface area contributed by atoms with Gasteiger partial charge in [0.15, 0.2) is 0 Å². The fraction of sp³-hybridized carbons (Fsp3) is 0.364. The van der Waals surface area contributed by atoms with Gasteiger partial charge in [0, 0.05) is 18.7 Å². The minimum Gasteiger partial charge on any atom is -0.481 e. The molecular weight excluding hydrogens is 216 g/mol. The van der Waals surface area contributed by atoms with Crippen molar-refractivity contribution in [1.82, 2.24) is 5.32 Å². The number of aliphatic carboxylic acids is 1. The van der Waals surface area contributed by atoms with Crippen LogP contribution in [-0.4, -0.2) is 17.6 Å². The SMILES string of the molecule is CC(CNCc1cc(F)ccc1F)C(=O)O. The minimum absolute atomic E-state index is 0.112. The van der Waals surface area contributed by atoms with Crippen molar-refractivity contribution in [2.24, 2.45) is 5.92 Å². The predicted octanol–water partition coefficient (Wildman–Crippen LogP) is 1.78. The van der Waals surface area contributed by atoms with Crippen LogP contribution in [0.25, 0.3) is 0 Å². The monoisotopic (exact) mass is 229 g/mol. The number of rotatable bonds is 5. The first-order chi connectivity index (χ1) is 7.50. The molecule has 5 heteroatoms. The van der Waals surface area contributed by atoms with E-state index in [0.29, 0.717) is 0 Å². The van der Waals surface area contributed by atoms with Gasteiger partial charge in [-0.15, -0.1) is 0 Å². The zero-order chi connectivity index (χ0) is 12.1. The summed E-state index contributed by atoms with van der Waals surface area (Å²) in [6.45, 7) is 1.86. The van der Waals surface area contributed by atoms with Gasteiger partial charge in [0.05, 0.1) is 5.92 Å². The van der Waals surface area contributed by atoms with E-state index in [1.807, 2.05) is 0 Å². The summed E-state index contributed by atoms with van der Waals surface area (Å²) in [5.41, 5.74) is 0.192. The molecule has 3 nitrogen and oxygen atoms in total. The standard InChI is InChI=1S/C11H13F2NO2/c1-7(11(15)16)5-14-6-8-4-9(12)2-3-10(8)13/h2-4,7,14H,5-6H2,1H3,(H,15,16). The van der Waals surface area contributed by atoms with Gasteiger partial charge in [-0.25, -0.2) is 8.78 Å². The van der Waals surface area contributed by atoms with Crippen molar-refractivity contribution in [3.63, 3.8) is 0 Å². The Hall–Kier alpha value is -1.49. The summed E-state index contributed by atoms with van der Waals surface area (Å²) in [6, 6.07) is 3.18. The van der Waals surface area contributed by atoms with E-state index in [1.54, 1.807) is 0 Å². The van der Waals surface area contributed by atoms with E-state index in [-0.39, 0.29) is 18.7 Å². The third-order valence-electron chi connectivity index (χ3n) is 2.20. The summed E-state index contributed by atoms with van der Waals surface area (Å²) in [7, 11) is 0. The van der Waals surface area contributed by atoms with Gasteiger partial charge in [-0.1, -0.05) is 6.92 Å². The highest BCUT2D eigenvalue weighted by Crippen LogP contribution is 2.09. The molecule has 0 bridgehead atoms. The van der Waals surface area contributed by atoms with E-state index in [4.69, 9.17) is 5.11 Å². The molecule has 1 aromatic rings. The van der Waals surface area contributed by atoms with Gasteiger partial charge in [0.1, 0.15) is 11.6 Å². The lowest BCUT2D eigenvalue weighted by molar-refractivity contribution is -0.140. The number of benzene rings is 1. The van der Waals surface area contributed by atoms with Crippen LogP contribution in [0.2, 0.25) is 0 Å². The van der Waals surface area contributed by atoms with Crippen molar-refractivity contribution in [1.29, 1.82) is 0 Å². The van der Waals surface area contributed by atoms with Crippen LogP contribution in [0.5, 0.6) is 0 Å². The second-order valence-electron chi connectivity index (χ2n) is 3.61. The van der Waals surface area contributed by atoms with Crippen LogP contribution in [-0.2, 0) is 11.3 Å². The predicted molar refractivity (Wildman–Crippen MR) is 54.9 cm³/mol. The average Bonchev–Trinajstić information content (AvgIpc) is 2.22. The van der Waals surface area contributed by atoms with Gasteiger partial charge >= 0.3 is 5.97 Å². The molecule has 0 radical (unpaired) electrons. The maximum Gasteiger partial charge on any atom is 0.307 e. The Morgan fingerprint density at radius 1 is 1.50 bits per heavy atom. The quantitative estimate of drug-likeness (QED) is 0.809. The van der Waals surface area contributed by atoms with Crippen molar-refractivity contribution in [2.75, 3.05) is 6.54 Å². The van der Waals surface area contributed by atoms with Crippen molar-refractivity contribution >= 4 is 5.97 Å². The molecule has 0 aliphatic heterocycles.